The Hall–Kier alpha value is -1.23. The van der Waals surface area contributed by atoms with Gasteiger partial charge in [-0.25, -0.2) is 0 Å². The first-order valence-corrected chi connectivity index (χ1v) is 5.65. The van der Waals surface area contributed by atoms with Crippen molar-refractivity contribution < 1.29 is 15.0 Å². The molecule has 0 saturated heterocycles. The molecule has 0 fully saturated rings. The minimum atomic E-state index is -0.960. The van der Waals surface area contributed by atoms with E-state index in [1.807, 2.05) is 6.92 Å². The van der Waals surface area contributed by atoms with E-state index in [9.17, 15) is 15.0 Å². The number of carbonyl (C=O) groups is 1. The first kappa shape index (κ1) is 13.8. The van der Waals surface area contributed by atoms with Crippen molar-refractivity contribution in [1.29, 1.82) is 0 Å². The molecule has 94 valence electrons. The fourth-order valence-electron chi connectivity index (χ4n) is 1.82. The molecule has 0 spiro atoms. The Bertz CT molecular complexity index is 404. The summed E-state index contributed by atoms with van der Waals surface area (Å²) in [7, 11) is 0. The average molecular weight is 237 g/mol. The Labute approximate surface area is 101 Å². The van der Waals surface area contributed by atoms with E-state index < -0.39 is 12.2 Å². The number of aliphatic hydroxyl groups is 2. The Morgan fingerprint density at radius 2 is 2.06 bits per heavy atom. The molecule has 4 N–H and O–H groups in total. The van der Waals surface area contributed by atoms with Gasteiger partial charge in [0.15, 0.2) is 5.78 Å². The van der Waals surface area contributed by atoms with E-state index >= 15 is 0 Å². The first-order valence-electron chi connectivity index (χ1n) is 5.65. The van der Waals surface area contributed by atoms with Crippen LogP contribution in [0.15, 0.2) is 18.2 Å². The average Bonchev–Trinajstić information content (AvgIpc) is 2.27. The fourth-order valence-corrected chi connectivity index (χ4v) is 1.82. The van der Waals surface area contributed by atoms with Crippen LogP contribution in [-0.4, -0.2) is 28.6 Å². The summed E-state index contributed by atoms with van der Waals surface area (Å²) < 4.78 is 0. The number of Topliss-reactive ketones (excluding diaryl/α,β-unsaturated/α-hetero) is 1. The van der Waals surface area contributed by atoms with Crippen LogP contribution in [0, 0.1) is 6.92 Å². The molecule has 4 nitrogen and oxygen atoms in total. The molecular weight excluding hydrogens is 218 g/mol. The smallest absolute Gasteiger partial charge is 0.160 e. The predicted octanol–water partition coefficient (Wildman–Crippen LogP) is 0.941. The van der Waals surface area contributed by atoms with Gasteiger partial charge in [-0.15, -0.1) is 0 Å². The van der Waals surface area contributed by atoms with E-state index in [-0.39, 0.29) is 5.78 Å². The van der Waals surface area contributed by atoms with E-state index in [1.54, 1.807) is 18.2 Å². The van der Waals surface area contributed by atoms with Crippen LogP contribution in [-0.2, 0) is 0 Å². The third kappa shape index (κ3) is 3.36. The zero-order valence-corrected chi connectivity index (χ0v) is 10.2. The summed E-state index contributed by atoms with van der Waals surface area (Å²) in [5, 5.41) is 19.5. The van der Waals surface area contributed by atoms with E-state index in [0.717, 1.165) is 5.56 Å². The lowest BCUT2D eigenvalue weighted by molar-refractivity contribution is 0.0150. The topological polar surface area (TPSA) is 83.5 Å². The van der Waals surface area contributed by atoms with Gasteiger partial charge < -0.3 is 15.9 Å². The SMILES string of the molecule is CC(=O)c1ccc(C(O)C(O)CCN)cc1C. The van der Waals surface area contributed by atoms with Crippen molar-refractivity contribution in [3.8, 4) is 0 Å². The van der Waals surface area contributed by atoms with Crippen LogP contribution in [0.25, 0.3) is 0 Å². The number of rotatable bonds is 5. The molecule has 1 rings (SSSR count). The molecular formula is C13H19NO3. The van der Waals surface area contributed by atoms with Gasteiger partial charge in [-0.2, -0.15) is 0 Å². The minimum absolute atomic E-state index is 0.00829. The van der Waals surface area contributed by atoms with Gasteiger partial charge in [0.05, 0.1) is 6.10 Å². The first-order chi connectivity index (χ1) is 7.97. The lowest BCUT2D eigenvalue weighted by atomic mass is 9.96. The summed E-state index contributed by atoms with van der Waals surface area (Å²) >= 11 is 0. The zero-order chi connectivity index (χ0) is 13.0. The molecule has 1 aromatic rings. The van der Waals surface area contributed by atoms with Gasteiger partial charge in [0.25, 0.3) is 0 Å². The van der Waals surface area contributed by atoms with Gasteiger partial charge in [0.1, 0.15) is 6.10 Å². The summed E-state index contributed by atoms with van der Waals surface area (Å²) in [6.07, 6.45) is -1.49. The van der Waals surface area contributed by atoms with Crippen molar-refractivity contribution in [3.05, 3.63) is 34.9 Å². The predicted molar refractivity (Wildman–Crippen MR) is 65.8 cm³/mol. The highest BCUT2D eigenvalue weighted by molar-refractivity contribution is 5.95. The molecule has 0 aliphatic carbocycles. The summed E-state index contributed by atoms with van der Waals surface area (Å²) in [5.41, 5.74) is 7.36. The Kier molecular flexibility index (Phi) is 4.81. The number of aryl methyl sites for hydroxylation is 1. The number of hydrogen-bond acceptors (Lipinski definition) is 4. The quantitative estimate of drug-likeness (QED) is 0.665. The fraction of sp³-hybridized carbons (Fsp3) is 0.462. The number of aliphatic hydroxyl groups excluding tert-OH is 2. The monoisotopic (exact) mass is 237 g/mol. The Morgan fingerprint density at radius 1 is 1.41 bits per heavy atom. The maximum atomic E-state index is 11.3. The molecule has 0 aliphatic heterocycles. The van der Waals surface area contributed by atoms with Crippen molar-refractivity contribution in [3.63, 3.8) is 0 Å². The lowest BCUT2D eigenvalue weighted by Crippen LogP contribution is -2.22. The number of benzene rings is 1. The molecule has 1 aromatic carbocycles. The number of hydrogen-bond donors (Lipinski definition) is 3. The van der Waals surface area contributed by atoms with Crippen LogP contribution in [0.4, 0.5) is 0 Å². The summed E-state index contributed by atoms with van der Waals surface area (Å²) in [5.74, 6) is -0.00829. The van der Waals surface area contributed by atoms with Crippen molar-refractivity contribution >= 4 is 5.78 Å². The molecule has 0 amide bonds. The number of nitrogens with two attached hydrogens (primary N) is 1. The highest BCUT2D eigenvalue weighted by atomic mass is 16.3. The van der Waals surface area contributed by atoms with E-state index in [4.69, 9.17) is 5.73 Å². The third-order valence-electron chi connectivity index (χ3n) is 2.80. The van der Waals surface area contributed by atoms with Gasteiger partial charge in [-0.1, -0.05) is 18.2 Å². The third-order valence-corrected chi connectivity index (χ3v) is 2.80. The second-order valence-electron chi connectivity index (χ2n) is 4.22. The largest absolute Gasteiger partial charge is 0.390 e. The maximum absolute atomic E-state index is 11.3. The van der Waals surface area contributed by atoms with Crippen LogP contribution in [0.2, 0.25) is 0 Å². The molecule has 2 unspecified atom stereocenters. The van der Waals surface area contributed by atoms with Gasteiger partial charge >= 0.3 is 0 Å². The molecule has 0 radical (unpaired) electrons. The van der Waals surface area contributed by atoms with Crippen molar-refractivity contribution in [1.82, 2.24) is 0 Å². The standard InChI is InChI=1S/C13H19NO3/c1-8-7-10(3-4-11(8)9(2)15)13(17)12(16)5-6-14/h3-4,7,12-13,16-17H,5-6,14H2,1-2H3. The van der Waals surface area contributed by atoms with E-state index in [0.29, 0.717) is 24.1 Å². The van der Waals surface area contributed by atoms with Gasteiger partial charge in [0, 0.05) is 5.56 Å². The second kappa shape index (κ2) is 5.91. The molecule has 4 heteroatoms. The second-order valence-corrected chi connectivity index (χ2v) is 4.22. The van der Waals surface area contributed by atoms with E-state index in [2.05, 4.69) is 0 Å². The number of carbonyl (C=O) groups excluding carboxylic acids is 1. The molecule has 2 atom stereocenters. The normalized spacial score (nSPS) is 14.4. The highest BCUT2D eigenvalue weighted by Crippen LogP contribution is 2.21. The maximum Gasteiger partial charge on any atom is 0.160 e. The molecule has 0 heterocycles. The van der Waals surface area contributed by atoms with E-state index in [1.165, 1.54) is 6.92 Å². The van der Waals surface area contributed by atoms with Gasteiger partial charge in [0.2, 0.25) is 0 Å². The zero-order valence-electron chi connectivity index (χ0n) is 10.2. The van der Waals surface area contributed by atoms with Crippen LogP contribution >= 0.6 is 0 Å². The molecule has 0 bridgehead atoms. The molecule has 0 saturated carbocycles. The van der Waals surface area contributed by atoms with Crippen molar-refractivity contribution in [2.24, 2.45) is 5.73 Å². The number of ketones is 1. The Balaban J connectivity index is 2.93. The van der Waals surface area contributed by atoms with Crippen LogP contribution < -0.4 is 5.73 Å². The van der Waals surface area contributed by atoms with Crippen molar-refractivity contribution in [2.45, 2.75) is 32.5 Å². The summed E-state index contributed by atoms with van der Waals surface area (Å²) in [4.78, 5) is 11.3. The summed E-state index contributed by atoms with van der Waals surface area (Å²) in [6, 6.07) is 5.06. The lowest BCUT2D eigenvalue weighted by Gasteiger charge is -2.18. The van der Waals surface area contributed by atoms with Crippen LogP contribution in [0.5, 0.6) is 0 Å². The van der Waals surface area contributed by atoms with Gasteiger partial charge in [-0.05, 0) is 37.9 Å². The van der Waals surface area contributed by atoms with Crippen LogP contribution in [0.1, 0.15) is 40.9 Å². The summed E-state index contributed by atoms with van der Waals surface area (Å²) in [6.45, 7) is 3.63. The van der Waals surface area contributed by atoms with Crippen LogP contribution in [0.3, 0.4) is 0 Å². The minimum Gasteiger partial charge on any atom is -0.390 e. The van der Waals surface area contributed by atoms with Crippen molar-refractivity contribution in [2.75, 3.05) is 6.54 Å². The van der Waals surface area contributed by atoms with Gasteiger partial charge in [-0.3, -0.25) is 4.79 Å². The molecule has 17 heavy (non-hydrogen) atoms. The molecule has 0 aromatic heterocycles. The highest BCUT2D eigenvalue weighted by Gasteiger charge is 2.18. The Morgan fingerprint density at radius 3 is 2.53 bits per heavy atom. The molecule has 0 aliphatic rings.